The van der Waals surface area contributed by atoms with Crippen LogP contribution in [0.25, 0.3) is 0 Å². The summed E-state index contributed by atoms with van der Waals surface area (Å²) in [4.78, 5) is 5.22. The van der Waals surface area contributed by atoms with Crippen LogP contribution in [0.15, 0.2) is 0 Å². The van der Waals surface area contributed by atoms with Gasteiger partial charge < -0.3 is 9.80 Å². The highest BCUT2D eigenvalue weighted by Gasteiger charge is 2.31. The monoisotopic (exact) mass is 330 g/mol. The summed E-state index contributed by atoms with van der Waals surface area (Å²) in [6, 6.07) is 0. The van der Waals surface area contributed by atoms with Crippen molar-refractivity contribution in [2.24, 2.45) is 5.41 Å². The van der Waals surface area contributed by atoms with Gasteiger partial charge in [-0.05, 0) is 51.2 Å². The minimum Gasteiger partial charge on any atom is -0.305 e. The Labute approximate surface area is 128 Å². The van der Waals surface area contributed by atoms with E-state index in [-0.39, 0.29) is 0 Å². The molecule has 1 aliphatic carbocycles. The lowest BCUT2D eigenvalue weighted by molar-refractivity contribution is 0.162. The van der Waals surface area contributed by atoms with E-state index in [1.54, 1.807) is 0 Å². The Morgan fingerprint density at radius 2 is 1.63 bits per heavy atom. The summed E-state index contributed by atoms with van der Waals surface area (Å²) in [6.07, 6.45) is 11.4. The first kappa shape index (κ1) is 15.8. The normalized spacial score (nSPS) is 24.8. The van der Waals surface area contributed by atoms with Gasteiger partial charge in [-0.25, -0.2) is 0 Å². The molecule has 0 aromatic heterocycles. The van der Waals surface area contributed by atoms with Crippen LogP contribution in [0.5, 0.6) is 0 Å². The summed E-state index contributed by atoms with van der Waals surface area (Å²) < 4.78 is 0. The zero-order chi connectivity index (χ0) is 13.6. The zero-order valence-electron chi connectivity index (χ0n) is 12.7. The number of likely N-dealkylation sites (N-methyl/N-ethyl adjacent to an activating group) is 1. The van der Waals surface area contributed by atoms with Gasteiger partial charge in [0.2, 0.25) is 0 Å². The average Bonchev–Trinajstić information content (AvgIpc) is 2.83. The molecule has 2 aliphatic rings. The molecule has 1 heterocycles. The van der Waals surface area contributed by atoms with Gasteiger partial charge in [0.1, 0.15) is 0 Å². The van der Waals surface area contributed by atoms with E-state index in [1.165, 1.54) is 89.4 Å². The summed E-state index contributed by atoms with van der Waals surface area (Å²) in [5.41, 5.74) is 0.552. The third-order valence-corrected chi connectivity index (χ3v) is 6.24. The minimum atomic E-state index is 0.552. The SMILES string of the molecule is CN(CCN1CCCC1)CC1(CBr)CCCCCC1. The van der Waals surface area contributed by atoms with Gasteiger partial charge in [-0.3, -0.25) is 0 Å². The molecule has 112 valence electrons. The molecule has 0 bridgehead atoms. The fraction of sp³-hybridized carbons (Fsp3) is 1.00. The van der Waals surface area contributed by atoms with Crippen molar-refractivity contribution in [1.29, 1.82) is 0 Å². The number of hydrogen-bond acceptors (Lipinski definition) is 2. The number of alkyl halides is 1. The smallest absolute Gasteiger partial charge is 0.0109 e. The first-order valence-corrected chi connectivity index (χ1v) is 9.33. The second-order valence-electron chi connectivity index (χ2n) is 6.83. The van der Waals surface area contributed by atoms with Crippen LogP contribution in [-0.4, -0.2) is 54.9 Å². The highest BCUT2D eigenvalue weighted by Crippen LogP contribution is 2.37. The van der Waals surface area contributed by atoms with Gasteiger partial charge in [-0.15, -0.1) is 0 Å². The van der Waals surface area contributed by atoms with Crippen LogP contribution < -0.4 is 0 Å². The first-order chi connectivity index (χ1) is 9.24. The lowest BCUT2D eigenvalue weighted by Gasteiger charge is -2.35. The molecule has 1 saturated heterocycles. The van der Waals surface area contributed by atoms with E-state index in [9.17, 15) is 0 Å². The Morgan fingerprint density at radius 3 is 2.21 bits per heavy atom. The second-order valence-corrected chi connectivity index (χ2v) is 7.40. The van der Waals surface area contributed by atoms with Crippen molar-refractivity contribution < 1.29 is 0 Å². The Bertz CT molecular complexity index is 243. The van der Waals surface area contributed by atoms with Crippen molar-refractivity contribution in [3.05, 3.63) is 0 Å². The largest absolute Gasteiger partial charge is 0.305 e. The molecule has 0 amide bonds. The van der Waals surface area contributed by atoms with Crippen molar-refractivity contribution in [3.63, 3.8) is 0 Å². The molecule has 1 saturated carbocycles. The van der Waals surface area contributed by atoms with Gasteiger partial charge in [0.25, 0.3) is 0 Å². The fourth-order valence-electron chi connectivity index (χ4n) is 3.78. The molecule has 0 spiro atoms. The molecule has 2 nitrogen and oxygen atoms in total. The van der Waals surface area contributed by atoms with Gasteiger partial charge in [-0.2, -0.15) is 0 Å². The summed E-state index contributed by atoms with van der Waals surface area (Å²) in [5, 5.41) is 1.19. The quantitative estimate of drug-likeness (QED) is 0.540. The molecular weight excluding hydrogens is 300 g/mol. The third kappa shape index (κ3) is 5.02. The van der Waals surface area contributed by atoms with Crippen molar-refractivity contribution in [2.45, 2.75) is 51.4 Å². The van der Waals surface area contributed by atoms with Gasteiger partial charge in [-0.1, -0.05) is 41.6 Å². The highest BCUT2D eigenvalue weighted by molar-refractivity contribution is 9.09. The Balaban J connectivity index is 1.75. The highest BCUT2D eigenvalue weighted by atomic mass is 79.9. The zero-order valence-corrected chi connectivity index (χ0v) is 14.3. The van der Waals surface area contributed by atoms with Crippen LogP contribution in [0.3, 0.4) is 0 Å². The van der Waals surface area contributed by atoms with Gasteiger partial charge in [0.15, 0.2) is 0 Å². The van der Waals surface area contributed by atoms with E-state index in [0.29, 0.717) is 5.41 Å². The van der Waals surface area contributed by atoms with Crippen molar-refractivity contribution in [2.75, 3.05) is 45.1 Å². The van der Waals surface area contributed by atoms with E-state index in [2.05, 4.69) is 32.8 Å². The predicted octanol–water partition coefficient (Wildman–Crippen LogP) is 3.75. The summed E-state index contributed by atoms with van der Waals surface area (Å²) in [7, 11) is 2.32. The van der Waals surface area contributed by atoms with E-state index in [0.717, 1.165) is 0 Å². The van der Waals surface area contributed by atoms with Crippen LogP contribution in [0.4, 0.5) is 0 Å². The first-order valence-electron chi connectivity index (χ1n) is 8.21. The second kappa shape index (κ2) is 7.99. The Kier molecular flexibility index (Phi) is 6.64. The van der Waals surface area contributed by atoms with Gasteiger partial charge in [0, 0.05) is 25.0 Å². The molecule has 0 radical (unpaired) electrons. The third-order valence-electron chi connectivity index (χ3n) is 5.05. The molecule has 2 fully saturated rings. The van der Waals surface area contributed by atoms with Crippen molar-refractivity contribution >= 4 is 15.9 Å². The maximum atomic E-state index is 3.81. The Morgan fingerprint density at radius 1 is 1.00 bits per heavy atom. The number of likely N-dealkylation sites (tertiary alicyclic amines) is 1. The van der Waals surface area contributed by atoms with E-state index >= 15 is 0 Å². The summed E-state index contributed by atoms with van der Waals surface area (Å²) in [6.45, 7) is 6.46. The molecule has 2 rings (SSSR count). The van der Waals surface area contributed by atoms with Crippen LogP contribution in [0.2, 0.25) is 0 Å². The fourth-order valence-corrected chi connectivity index (χ4v) is 4.52. The van der Waals surface area contributed by atoms with Crippen molar-refractivity contribution in [3.8, 4) is 0 Å². The standard InChI is InChI=1S/C16H31BrN2/c1-18(12-13-19-10-6-7-11-19)15-16(14-17)8-4-2-3-5-9-16/h2-15H2,1H3. The number of rotatable bonds is 6. The molecule has 0 aromatic carbocycles. The molecule has 0 N–H and O–H groups in total. The van der Waals surface area contributed by atoms with E-state index in [1.807, 2.05) is 0 Å². The van der Waals surface area contributed by atoms with Crippen molar-refractivity contribution in [1.82, 2.24) is 9.80 Å². The molecule has 3 heteroatoms. The van der Waals surface area contributed by atoms with Crippen LogP contribution in [-0.2, 0) is 0 Å². The topological polar surface area (TPSA) is 6.48 Å². The molecule has 19 heavy (non-hydrogen) atoms. The van der Waals surface area contributed by atoms with Crippen LogP contribution in [0, 0.1) is 5.41 Å². The van der Waals surface area contributed by atoms with E-state index < -0.39 is 0 Å². The number of nitrogens with zero attached hydrogens (tertiary/aromatic N) is 2. The molecule has 0 aromatic rings. The molecule has 0 unspecified atom stereocenters. The average molecular weight is 331 g/mol. The summed E-state index contributed by atoms with van der Waals surface area (Å²) in [5.74, 6) is 0. The number of halogens is 1. The van der Waals surface area contributed by atoms with Crippen LogP contribution >= 0.6 is 15.9 Å². The van der Waals surface area contributed by atoms with E-state index in [4.69, 9.17) is 0 Å². The molecular formula is C16H31BrN2. The Hall–Kier alpha value is 0.400. The van der Waals surface area contributed by atoms with Crippen LogP contribution in [0.1, 0.15) is 51.4 Å². The maximum Gasteiger partial charge on any atom is 0.0109 e. The lowest BCUT2D eigenvalue weighted by atomic mass is 9.82. The number of hydrogen-bond donors (Lipinski definition) is 0. The minimum absolute atomic E-state index is 0.552. The van der Waals surface area contributed by atoms with Gasteiger partial charge in [0.05, 0.1) is 0 Å². The molecule has 1 aliphatic heterocycles. The molecule has 0 atom stereocenters. The lowest BCUT2D eigenvalue weighted by Crippen LogP contribution is -2.40. The predicted molar refractivity (Wildman–Crippen MR) is 87.1 cm³/mol. The maximum absolute atomic E-state index is 3.81. The van der Waals surface area contributed by atoms with Gasteiger partial charge >= 0.3 is 0 Å². The summed E-state index contributed by atoms with van der Waals surface area (Å²) >= 11 is 3.81.